The zero-order chi connectivity index (χ0) is 13.1. The van der Waals surface area contributed by atoms with Crippen molar-refractivity contribution in [1.29, 1.82) is 0 Å². The van der Waals surface area contributed by atoms with E-state index in [0.717, 1.165) is 29.9 Å². The third-order valence-corrected chi connectivity index (χ3v) is 3.07. The van der Waals surface area contributed by atoms with Crippen molar-refractivity contribution in [2.75, 3.05) is 0 Å². The second-order valence-electron chi connectivity index (χ2n) is 4.57. The molecule has 0 aliphatic carbocycles. The molecule has 18 heavy (non-hydrogen) atoms. The van der Waals surface area contributed by atoms with Crippen molar-refractivity contribution in [3.05, 3.63) is 46.2 Å². The van der Waals surface area contributed by atoms with Crippen LogP contribution in [0.5, 0.6) is 0 Å². The summed E-state index contributed by atoms with van der Waals surface area (Å²) >= 11 is 6.07. The summed E-state index contributed by atoms with van der Waals surface area (Å²) in [5, 5.41) is 0.517. The molecular formula is C15H17ClN2. The highest BCUT2D eigenvalue weighted by molar-refractivity contribution is 6.29. The van der Waals surface area contributed by atoms with Crippen molar-refractivity contribution in [3.8, 4) is 11.4 Å². The van der Waals surface area contributed by atoms with Gasteiger partial charge in [0.05, 0.1) is 0 Å². The van der Waals surface area contributed by atoms with Gasteiger partial charge in [0.1, 0.15) is 5.15 Å². The molecule has 0 N–H and O–H groups in total. The topological polar surface area (TPSA) is 25.8 Å². The first-order valence-electron chi connectivity index (χ1n) is 6.21. The normalized spacial score (nSPS) is 10.7. The number of benzene rings is 1. The average molecular weight is 261 g/mol. The number of hydrogen-bond donors (Lipinski definition) is 0. The Labute approximate surface area is 113 Å². The van der Waals surface area contributed by atoms with E-state index in [2.05, 4.69) is 48.9 Å². The van der Waals surface area contributed by atoms with Gasteiger partial charge in [0.25, 0.3) is 0 Å². The molecule has 0 atom stereocenters. The van der Waals surface area contributed by atoms with Crippen molar-refractivity contribution in [2.45, 2.75) is 33.6 Å². The van der Waals surface area contributed by atoms with E-state index >= 15 is 0 Å². The van der Waals surface area contributed by atoms with E-state index in [-0.39, 0.29) is 0 Å². The monoisotopic (exact) mass is 260 g/mol. The lowest BCUT2D eigenvalue weighted by molar-refractivity contribution is 0.875. The Morgan fingerprint density at radius 3 is 2.56 bits per heavy atom. The van der Waals surface area contributed by atoms with E-state index in [4.69, 9.17) is 11.6 Å². The number of nitrogens with zero attached hydrogens (tertiary/aromatic N) is 2. The van der Waals surface area contributed by atoms with Gasteiger partial charge in [-0.2, -0.15) is 0 Å². The maximum absolute atomic E-state index is 6.07. The molecule has 0 amide bonds. The van der Waals surface area contributed by atoms with Crippen LogP contribution in [0, 0.1) is 13.8 Å². The molecule has 0 fully saturated rings. The maximum atomic E-state index is 6.07. The summed E-state index contributed by atoms with van der Waals surface area (Å²) in [4.78, 5) is 8.92. The fourth-order valence-electron chi connectivity index (χ4n) is 2.03. The highest BCUT2D eigenvalue weighted by Crippen LogP contribution is 2.23. The Morgan fingerprint density at radius 2 is 1.89 bits per heavy atom. The van der Waals surface area contributed by atoms with Crippen LogP contribution in [0.15, 0.2) is 24.3 Å². The number of halogens is 1. The lowest BCUT2D eigenvalue weighted by Gasteiger charge is -2.08. The van der Waals surface area contributed by atoms with E-state index in [0.29, 0.717) is 5.15 Å². The van der Waals surface area contributed by atoms with Gasteiger partial charge in [-0.3, -0.25) is 0 Å². The van der Waals surface area contributed by atoms with Crippen LogP contribution >= 0.6 is 11.6 Å². The molecule has 94 valence electrons. The standard InChI is InChI=1S/C15H17ClN2/c1-4-5-12-9-14(16)18-15(17-12)13-7-6-10(2)8-11(13)3/h6-9H,4-5H2,1-3H3. The molecule has 0 saturated heterocycles. The summed E-state index contributed by atoms with van der Waals surface area (Å²) in [5.41, 5.74) is 4.49. The quantitative estimate of drug-likeness (QED) is 0.766. The molecule has 0 saturated carbocycles. The van der Waals surface area contributed by atoms with Crippen molar-refractivity contribution in [1.82, 2.24) is 9.97 Å². The molecule has 1 aromatic carbocycles. The smallest absolute Gasteiger partial charge is 0.161 e. The predicted octanol–water partition coefficient (Wildman–Crippen LogP) is 4.37. The molecular weight excluding hydrogens is 244 g/mol. The van der Waals surface area contributed by atoms with Crippen LogP contribution in [-0.4, -0.2) is 9.97 Å². The lowest BCUT2D eigenvalue weighted by Crippen LogP contribution is -1.97. The minimum atomic E-state index is 0.517. The van der Waals surface area contributed by atoms with Gasteiger partial charge in [-0.1, -0.05) is 48.7 Å². The first-order valence-corrected chi connectivity index (χ1v) is 6.59. The third-order valence-electron chi connectivity index (χ3n) is 2.88. The van der Waals surface area contributed by atoms with Gasteiger partial charge in [-0.25, -0.2) is 9.97 Å². The highest BCUT2D eigenvalue weighted by atomic mass is 35.5. The molecule has 1 aromatic heterocycles. The summed E-state index contributed by atoms with van der Waals surface area (Å²) in [6.07, 6.45) is 1.99. The van der Waals surface area contributed by atoms with E-state index in [9.17, 15) is 0 Å². The molecule has 0 spiro atoms. The molecule has 2 aromatic rings. The maximum Gasteiger partial charge on any atom is 0.161 e. The minimum Gasteiger partial charge on any atom is -0.233 e. The van der Waals surface area contributed by atoms with Gasteiger partial charge in [-0.05, 0) is 31.9 Å². The van der Waals surface area contributed by atoms with Gasteiger partial charge in [-0.15, -0.1) is 0 Å². The molecule has 3 heteroatoms. The summed E-state index contributed by atoms with van der Waals surface area (Å²) in [6, 6.07) is 8.12. The Kier molecular flexibility index (Phi) is 3.97. The second kappa shape index (κ2) is 5.49. The van der Waals surface area contributed by atoms with Crippen LogP contribution in [0.4, 0.5) is 0 Å². The van der Waals surface area contributed by atoms with Crippen LogP contribution < -0.4 is 0 Å². The largest absolute Gasteiger partial charge is 0.233 e. The Bertz CT molecular complexity index is 564. The van der Waals surface area contributed by atoms with E-state index < -0.39 is 0 Å². The van der Waals surface area contributed by atoms with Crippen molar-refractivity contribution >= 4 is 11.6 Å². The van der Waals surface area contributed by atoms with Gasteiger partial charge in [0.15, 0.2) is 5.82 Å². The van der Waals surface area contributed by atoms with Crippen LogP contribution in [-0.2, 0) is 6.42 Å². The van der Waals surface area contributed by atoms with Gasteiger partial charge < -0.3 is 0 Å². The third kappa shape index (κ3) is 2.88. The molecule has 0 aliphatic heterocycles. The number of rotatable bonds is 3. The number of aryl methyl sites for hydroxylation is 3. The number of aromatic nitrogens is 2. The van der Waals surface area contributed by atoms with Gasteiger partial charge in [0, 0.05) is 11.3 Å². The van der Waals surface area contributed by atoms with Gasteiger partial charge >= 0.3 is 0 Å². The molecule has 0 aliphatic rings. The SMILES string of the molecule is CCCc1cc(Cl)nc(-c2ccc(C)cc2C)n1. The molecule has 0 unspecified atom stereocenters. The first kappa shape index (κ1) is 13.0. The molecule has 2 nitrogen and oxygen atoms in total. The van der Waals surface area contributed by atoms with Crippen LogP contribution in [0.2, 0.25) is 5.15 Å². The molecule has 2 rings (SSSR count). The summed E-state index contributed by atoms with van der Waals surface area (Å²) in [5.74, 6) is 0.725. The highest BCUT2D eigenvalue weighted by Gasteiger charge is 2.08. The Morgan fingerprint density at radius 1 is 1.11 bits per heavy atom. The fraction of sp³-hybridized carbons (Fsp3) is 0.333. The van der Waals surface area contributed by atoms with Crippen LogP contribution in [0.25, 0.3) is 11.4 Å². The zero-order valence-corrected chi connectivity index (χ0v) is 11.8. The Balaban J connectivity index is 2.49. The summed E-state index contributed by atoms with van der Waals surface area (Å²) < 4.78 is 0. The Hall–Kier alpha value is -1.41. The average Bonchev–Trinajstić information content (AvgIpc) is 2.28. The predicted molar refractivity (Wildman–Crippen MR) is 75.9 cm³/mol. The van der Waals surface area contributed by atoms with Crippen LogP contribution in [0.3, 0.4) is 0 Å². The van der Waals surface area contributed by atoms with E-state index in [1.807, 2.05) is 6.07 Å². The van der Waals surface area contributed by atoms with Crippen molar-refractivity contribution in [3.63, 3.8) is 0 Å². The van der Waals surface area contributed by atoms with Crippen molar-refractivity contribution in [2.24, 2.45) is 0 Å². The molecule has 0 bridgehead atoms. The second-order valence-corrected chi connectivity index (χ2v) is 4.96. The van der Waals surface area contributed by atoms with E-state index in [1.54, 1.807) is 0 Å². The summed E-state index contributed by atoms with van der Waals surface area (Å²) in [6.45, 7) is 6.29. The first-order chi connectivity index (χ1) is 8.60. The number of hydrogen-bond acceptors (Lipinski definition) is 2. The van der Waals surface area contributed by atoms with Crippen LogP contribution in [0.1, 0.15) is 30.2 Å². The van der Waals surface area contributed by atoms with Crippen molar-refractivity contribution < 1.29 is 0 Å². The molecule has 0 radical (unpaired) electrons. The zero-order valence-electron chi connectivity index (χ0n) is 11.0. The minimum absolute atomic E-state index is 0.517. The molecule has 1 heterocycles. The lowest BCUT2D eigenvalue weighted by atomic mass is 10.1. The summed E-state index contributed by atoms with van der Waals surface area (Å²) in [7, 11) is 0. The fourth-order valence-corrected chi connectivity index (χ4v) is 2.24. The van der Waals surface area contributed by atoms with Gasteiger partial charge in [0.2, 0.25) is 0 Å². The van der Waals surface area contributed by atoms with E-state index in [1.165, 1.54) is 11.1 Å².